The fraction of sp³-hybridized carbons (Fsp3) is 0.267. The number of aliphatic hydroxyl groups excluding tert-OH is 1. The van der Waals surface area contributed by atoms with Crippen LogP contribution in [0.1, 0.15) is 35.3 Å². The quantitative estimate of drug-likeness (QED) is 0.834. The Hall–Kier alpha value is -1.87. The van der Waals surface area contributed by atoms with Gasteiger partial charge in [0.1, 0.15) is 11.9 Å². The van der Waals surface area contributed by atoms with Gasteiger partial charge in [0.15, 0.2) is 0 Å². The van der Waals surface area contributed by atoms with Gasteiger partial charge < -0.3 is 9.84 Å². The summed E-state index contributed by atoms with van der Waals surface area (Å²) in [6, 6.07) is 9.61. The minimum absolute atomic E-state index is 0.122. The number of aryl methyl sites for hydroxylation is 1. The number of benzene rings is 1. The molecule has 0 bridgehead atoms. The van der Waals surface area contributed by atoms with E-state index in [0.29, 0.717) is 6.42 Å². The van der Waals surface area contributed by atoms with Gasteiger partial charge in [0.2, 0.25) is 0 Å². The van der Waals surface area contributed by atoms with Crippen molar-refractivity contribution in [2.24, 2.45) is 0 Å². The van der Waals surface area contributed by atoms with Crippen LogP contribution in [0.5, 0.6) is 5.75 Å². The van der Waals surface area contributed by atoms with Crippen LogP contribution in [0.25, 0.3) is 0 Å². The Morgan fingerprint density at radius 2 is 2.06 bits per heavy atom. The molecule has 0 aliphatic carbocycles. The van der Waals surface area contributed by atoms with Crippen molar-refractivity contribution < 1.29 is 9.84 Å². The first-order chi connectivity index (χ1) is 8.75. The molecule has 18 heavy (non-hydrogen) atoms. The van der Waals surface area contributed by atoms with Crippen LogP contribution in [0.4, 0.5) is 0 Å². The van der Waals surface area contributed by atoms with Crippen LogP contribution in [0, 0.1) is 6.92 Å². The van der Waals surface area contributed by atoms with Crippen LogP contribution >= 0.6 is 0 Å². The summed E-state index contributed by atoms with van der Waals surface area (Å²) >= 11 is 0. The fourth-order valence-electron chi connectivity index (χ4n) is 2.40. The van der Waals surface area contributed by atoms with E-state index >= 15 is 0 Å². The monoisotopic (exact) mass is 241 g/mol. The Labute approximate surface area is 106 Å². The van der Waals surface area contributed by atoms with Gasteiger partial charge in [-0.3, -0.25) is 4.98 Å². The van der Waals surface area contributed by atoms with Gasteiger partial charge in [-0.05, 0) is 24.6 Å². The molecule has 3 nitrogen and oxygen atoms in total. The van der Waals surface area contributed by atoms with Crippen molar-refractivity contribution in [3.8, 4) is 5.75 Å². The third-order valence-corrected chi connectivity index (χ3v) is 3.41. The van der Waals surface area contributed by atoms with Gasteiger partial charge in [-0.15, -0.1) is 0 Å². The highest BCUT2D eigenvalue weighted by Crippen LogP contribution is 2.40. The van der Waals surface area contributed by atoms with Crippen LogP contribution < -0.4 is 4.74 Å². The first-order valence-electron chi connectivity index (χ1n) is 6.10. The van der Waals surface area contributed by atoms with E-state index in [1.807, 2.05) is 43.5 Å². The molecule has 0 radical (unpaired) electrons. The van der Waals surface area contributed by atoms with E-state index in [1.165, 1.54) is 0 Å². The molecule has 92 valence electrons. The van der Waals surface area contributed by atoms with Crippen molar-refractivity contribution >= 4 is 0 Å². The molecule has 0 amide bonds. The van der Waals surface area contributed by atoms with E-state index in [9.17, 15) is 5.11 Å². The molecule has 1 aliphatic rings. The van der Waals surface area contributed by atoms with Crippen molar-refractivity contribution in [2.75, 3.05) is 0 Å². The highest BCUT2D eigenvalue weighted by molar-refractivity contribution is 5.38. The summed E-state index contributed by atoms with van der Waals surface area (Å²) in [5.74, 6) is 0.768. The van der Waals surface area contributed by atoms with Gasteiger partial charge in [-0.1, -0.05) is 18.2 Å². The summed E-state index contributed by atoms with van der Waals surface area (Å²) in [6.07, 6.45) is 3.57. The third-order valence-electron chi connectivity index (χ3n) is 3.41. The third kappa shape index (κ3) is 1.87. The number of hydrogen-bond donors (Lipinski definition) is 1. The number of aromatic nitrogens is 1. The largest absolute Gasteiger partial charge is 0.485 e. The summed E-state index contributed by atoms with van der Waals surface area (Å²) in [6.45, 7) is 2.03. The second-order valence-corrected chi connectivity index (χ2v) is 4.63. The number of rotatable bonds is 1. The molecule has 2 aromatic rings. The maximum absolute atomic E-state index is 10.2. The SMILES string of the molecule is Cc1ccncc1C1C[C@@H](O)c2ccccc2O1. The standard InChI is InChI=1S/C15H15NO2/c1-10-6-7-16-9-12(10)15-8-13(17)11-4-2-3-5-14(11)18-15/h2-7,9,13,15,17H,8H2,1H3/t13-,15?/m1/s1. The van der Waals surface area contributed by atoms with Crippen LogP contribution in [0.15, 0.2) is 42.7 Å². The smallest absolute Gasteiger partial charge is 0.128 e. The summed E-state index contributed by atoms with van der Waals surface area (Å²) in [5, 5.41) is 10.2. The van der Waals surface area contributed by atoms with Crippen LogP contribution in [0.2, 0.25) is 0 Å². The molecule has 3 heteroatoms. The zero-order chi connectivity index (χ0) is 12.5. The molecular formula is C15H15NO2. The van der Waals surface area contributed by atoms with Gasteiger partial charge >= 0.3 is 0 Å². The average molecular weight is 241 g/mol. The summed E-state index contributed by atoms with van der Waals surface area (Å²) in [4.78, 5) is 4.14. The Balaban J connectivity index is 1.97. The van der Waals surface area contributed by atoms with Crippen molar-refractivity contribution in [3.63, 3.8) is 0 Å². The molecule has 2 atom stereocenters. The molecule has 1 N–H and O–H groups in total. The molecule has 0 fully saturated rings. The summed E-state index contributed by atoms with van der Waals surface area (Å²) in [7, 11) is 0. The minimum Gasteiger partial charge on any atom is -0.485 e. The van der Waals surface area contributed by atoms with E-state index < -0.39 is 6.10 Å². The number of hydrogen-bond acceptors (Lipinski definition) is 3. The molecule has 1 aromatic carbocycles. The zero-order valence-electron chi connectivity index (χ0n) is 10.2. The van der Waals surface area contributed by atoms with Crippen molar-refractivity contribution in [3.05, 3.63) is 59.4 Å². The summed E-state index contributed by atoms with van der Waals surface area (Å²) < 4.78 is 5.97. The normalized spacial score (nSPS) is 22.1. The molecule has 3 rings (SSSR count). The Morgan fingerprint density at radius 3 is 2.89 bits per heavy atom. The molecule has 1 aromatic heterocycles. The second kappa shape index (κ2) is 4.42. The topological polar surface area (TPSA) is 42.4 Å². The first-order valence-corrected chi connectivity index (χ1v) is 6.10. The number of para-hydroxylation sites is 1. The summed E-state index contributed by atoms with van der Waals surface area (Å²) in [5.41, 5.74) is 3.06. The Bertz CT molecular complexity index is 568. The predicted octanol–water partition coefficient (Wildman–Crippen LogP) is 2.95. The maximum Gasteiger partial charge on any atom is 0.128 e. The minimum atomic E-state index is -0.473. The molecule has 0 spiro atoms. The lowest BCUT2D eigenvalue weighted by atomic mass is 9.94. The Kier molecular flexibility index (Phi) is 2.76. The highest BCUT2D eigenvalue weighted by Gasteiger charge is 2.28. The number of fused-ring (bicyclic) bond motifs is 1. The van der Waals surface area contributed by atoms with Gasteiger partial charge in [0.25, 0.3) is 0 Å². The van der Waals surface area contributed by atoms with Gasteiger partial charge in [0.05, 0.1) is 6.10 Å². The van der Waals surface area contributed by atoms with Crippen molar-refractivity contribution in [2.45, 2.75) is 25.6 Å². The number of ether oxygens (including phenoxy) is 1. The maximum atomic E-state index is 10.2. The predicted molar refractivity (Wildman–Crippen MR) is 68.4 cm³/mol. The number of nitrogens with zero attached hydrogens (tertiary/aromatic N) is 1. The lowest BCUT2D eigenvalue weighted by Crippen LogP contribution is -2.19. The van der Waals surface area contributed by atoms with E-state index in [1.54, 1.807) is 6.20 Å². The van der Waals surface area contributed by atoms with E-state index in [4.69, 9.17) is 4.74 Å². The van der Waals surface area contributed by atoms with Gasteiger partial charge in [-0.25, -0.2) is 0 Å². The van der Waals surface area contributed by atoms with Gasteiger partial charge in [0, 0.05) is 29.9 Å². The lowest BCUT2D eigenvalue weighted by molar-refractivity contribution is 0.0653. The van der Waals surface area contributed by atoms with Crippen LogP contribution in [0.3, 0.4) is 0 Å². The van der Waals surface area contributed by atoms with Crippen molar-refractivity contribution in [1.82, 2.24) is 4.98 Å². The van der Waals surface area contributed by atoms with Crippen LogP contribution in [-0.4, -0.2) is 10.1 Å². The van der Waals surface area contributed by atoms with Crippen LogP contribution in [-0.2, 0) is 0 Å². The van der Waals surface area contributed by atoms with E-state index in [-0.39, 0.29) is 6.10 Å². The molecule has 0 saturated heterocycles. The highest BCUT2D eigenvalue weighted by atomic mass is 16.5. The molecule has 1 unspecified atom stereocenters. The number of aliphatic hydroxyl groups is 1. The van der Waals surface area contributed by atoms with Gasteiger partial charge in [-0.2, -0.15) is 0 Å². The molecule has 1 aliphatic heterocycles. The molecule has 0 saturated carbocycles. The fourth-order valence-corrected chi connectivity index (χ4v) is 2.40. The number of pyridine rings is 1. The first kappa shape index (κ1) is 11.2. The van der Waals surface area contributed by atoms with Crippen molar-refractivity contribution in [1.29, 1.82) is 0 Å². The molecular weight excluding hydrogens is 226 g/mol. The average Bonchev–Trinajstić information content (AvgIpc) is 2.39. The lowest BCUT2D eigenvalue weighted by Gasteiger charge is -2.30. The molecule has 2 heterocycles. The second-order valence-electron chi connectivity index (χ2n) is 4.63. The van der Waals surface area contributed by atoms with E-state index in [0.717, 1.165) is 22.4 Å². The van der Waals surface area contributed by atoms with E-state index in [2.05, 4.69) is 4.98 Å². The zero-order valence-corrected chi connectivity index (χ0v) is 10.2. The Morgan fingerprint density at radius 1 is 1.22 bits per heavy atom.